The number of benzene rings is 1. The number of rotatable bonds is 6. The smallest absolute Gasteiger partial charge is 0.292 e. The van der Waals surface area contributed by atoms with Crippen LogP contribution in [0.25, 0.3) is 0 Å². The summed E-state index contributed by atoms with van der Waals surface area (Å²) < 4.78 is 0. The number of hydrogen-bond donors (Lipinski definition) is 3. The molecule has 1 aromatic carbocycles. The van der Waals surface area contributed by atoms with Crippen LogP contribution in [0.2, 0.25) is 0 Å². The number of para-hydroxylation sites is 2. The highest BCUT2D eigenvalue weighted by atomic mass is 16.6. The van der Waals surface area contributed by atoms with Crippen LogP contribution in [-0.2, 0) is 9.59 Å². The monoisotopic (exact) mass is 308 g/mol. The second-order valence-electron chi connectivity index (χ2n) is 5.70. The zero-order chi connectivity index (χ0) is 16.8. The van der Waals surface area contributed by atoms with Gasteiger partial charge in [-0.2, -0.15) is 0 Å². The lowest BCUT2D eigenvalue weighted by Gasteiger charge is -2.20. The summed E-state index contributed by atoms with van der Waals surface area (Å²) in [4.78, 5) is 33.5. The van der Waals surface area contributed by atoms with Gasteiger partial charge in [-0.25, -0.2) is 0 Å². The van der Waals surface area contributed by atoms with Crippen LogP contribution >= 0.6 is 0 Å². The summed E-state index contributed by atoms with van der Waals surface area (Å²) in [5.41, 5.74) is -0.229. The van der Waals surface area contributed by atoms with Crippen LogP contribution in [0.4, 0.5) is 11.4 Å². The van der Waals surface area contributed by atoms with Crippen molar-refractivity contribution in [3.63, 3.8) is 0 Å². The molecule has 0 fully saturated rings. The molecule has 0 saturated heterocycles. The van der Waals surface area contributed by atoms with Crippen molar-refractivity contribution in [1.29, 1.82) is 0 Å². The number of nitrogens with one attached hydrogen (secondary N) is 3. The molecule has 0 aliphatic heterocycles. The van der Waals surface area contributed by atoms with Gasteiger partial charge < -0.3 is 16.0 Å². The van der Waals surface area contributed by atoms with E-state index in [2.05, 4.69) is 16.0 Å². The molecule has 0 saturated carbocycles. The van der Waals surface area contributed by atoms with Crippen molar-refractivity contribution in [2.75, 3.05) is 18.4 Å². The lowest BCUT2D eigenvalue weighted by atomic mass is 10.1. The number of nitrogens with zero attached hydrogens (tertiary/aromatic N) is 1. The van der Waals surface area contributed by atoms with Crippen LogP contribution in [0.3, 0.4) is 0 Å². The highest BCUT2D eigenvalue weighted by Crippen LogP contribution is 2.22. The molecule has 0 spiro atoms. The van der Waals surface area contributed by atoms with E-state index in [0.29, 0.717) is 0 Å². The molecule has 8 heteroatoms. The van der Waals surface area contributed by atoms with Gasteiger partial charge in [-0.1, -0.05) is 12.1 Å². The third-order valence-electron chi connectivity index (χ3n) is 2.50. The van der Waals surface area contributed by atoms with Crippen LogP contribution in [-0.4, -0.2) is 35.4 Å². The Morgan fingerprint density at radius 2 is 1.77 bits per heavy atom. The first-order chi connectivity index (χ1) is 10.2. The maximum atomic E-state index is 11.6. The zero-order valence-electron chi connectivity index (χ0n) is 12.8. The quantitative estimate of drug-likeness (QED) is 0.536. The Labute approximate surface area is 128 Å². The van der Waals surface area contributed by atoms with Gasteiger partial charge in [-0.15, -0.1) is 0 Å². The van der Waals surface area contributed by atoms with Crippen molar-refractivity contribution in [1.82, 2.24) is 10.6 Å². The number of nitro benzene ring substituents is 1. The van der Waals surface area contributed by atoms with E-state index < -0.39 is 10.8 Å². The van der Waals surface area contributed by atoms with E-state index in [9.17, 15) is 19.7 Å². The molecule has 0 heterocycles. The average molecular weight is 308 g/mol. The fraction of sp³-hybridized carbons (Fsp3) is 0.429. The van der Waals surface area contributed by atoms with Gasteiger partial charge in [0.15, 0.2) is 0 Å². The van der Waals surface area contributed by atoms with Gasteiger partial charge >= 0.3 is 0 Å². The maximum Gasteiger partial charge on any atom is 0.292 e. The molecule has 1 aromatic rings. The summed E-state index contributed by atoms with van der Waals surface area (Å²) in [5, 5.41) is 18.7. The van der Waals surface area contributed by atoms with E-state index in [-0.39, 0.29) is 35.9 Å². The number of carbonyl (C=O) groups excluding carboxylic acids is 2. The summed E-state index contributed by atoms with van der Waals surface area (Å²) in [5.74, 6) is -0.728. The Morgan fingerprint density at radius 1 is 1.14 bits per heavy atom. The highest BCUT2D eigenvalue weighted by Gasteiger charge is 2.15. The van der Waals surface area contributed by atoms with E-state index in [0.717, 1.165) is 0 Å². The Morgan fingerprint density at radius 3 is 2.36 bits per heavy atom. The minimum absolute atomic E-state index is 0.110. The number of carbonyl (C=O) groups is 2. The van der Waals surface area contributed by atoms with Gasteiger partial charge in [-0.05, 0) is 26.8 Å². The molecule has 0 aromatic heterocycles. The minimum atomic E-state index is -0.531. The highest BCUT2D eigenvalue weighted by molar-refractivity contribution is 5.87. The molecule has 0 unspecified atom stereocenters. The summed E-state index contributed by atoms with van der Waals surface area (Å²) in [6.45, 7) is 5.21. The van der Waals surface area contributed by atoms with Crippen molar-refractivity contribution < 1.29 is 14.5 Å². The van der Waals surface area contributed by atoms with Gasteiger partial charge in [-0.3, -0.25) is 19.7 Å². The molecule has 22 heavy (non-hydrogen) atoms. The third kappa shape index (κ3) is 6.21. The fourth-order valence-electron chi connectivity index (χ4n) is 1.66. The predicted molar refractivity (Wildman–Crippen MR) is 82.5 cm³/mol. The van der Waals surface area contributed by atoms with Gasteiger partial charge in [0.05, 0.1) is 18.0 Å². The Bertz CT molecular complexity index is 566. The summed E-state index contributed by atoms with van der Waals surface area (Å²) in [7, 11) is 0. The van der Waals surface area contributed by atoms with Crippen LogP contribution < -0.4 is 16.0 Å². The van der Waals surface area contributed by atoms with E-state index in [4.69, 9.17) is 0 Å². The fourth-order valence-corrected chi connectivity index (χ4v) is 1.66. The summed E-state index contributed by atoms with van der Waals surface area (Å²) in [6.07, 6.45) is 0. The molecule has 120 valence electrons. The van der Waals surface area contributed by atoms with Crippen LogP contribution in [0.1, 0.15) is 20.8 Å². The second-order valence-corrected chi connectivity index (χ2v) is 5.70. The second kappa shape index (κ2) is 7.39. The molecular formula is C14H20N4O4. The number of hydrogen-bond acceptors (Lipinski definition) is 5. The van der Waals surface area contributed by atoms with Gasteiger partial charge in [0.25, 0.3) is 5.69 Å². The predicted octanol–water partition coefficient (Wildman–Crippen LogP) is 1.04. The molecular weight excluding hydrogens is 288 g/mol. The van der Waals surface area contributed by atoms with Crippen molar-refractivity contribution in [2.45, 2.75) is 26.3 Å². The molecule has 3 N–H and O–H groups in total. The van der Waals surface area contributed by atoms with Crippen molar-refractivity contribution in [2.24, 2.45) is 0 Å². The third-order valence-corrected chi connectivity index (χ3v) is 2.50. The molecule has 0 atom stereocenters. The van der Waals surface area contributed by atoms with Gasteiger partial charge in [0.1, 0.15) is 5.69 Å². The van der Waals surface area contributed by atoms with Crippen molar-refractivity contribution in [3.8, 4) is 0 Å². The van der Waals surface area contributed by atoms with E-state index in [1.54, 1.807) is 12.1 Å². The van der Waals surface area contributed by atoms with E-state index in [1.165, 1.54) is 12.1 Å². The van der Waals surface area contributed by atoms with Crippen molar-refractivity contribution in [3.05, 3.63) is 34.4 Å². The molecule has 0 aliphatic carbocycles. The average Bonchev–Trinajstić information content (AvgIpc) is 2.41. The Kier molecular flexibility index (Phi) is 5.85. The zero-order valence-corrected chi connectivity index (χ0v) is 12.8. The van der Waals surface area contributed by atoms with E-state index in [1.807, 2.05) is 20.8 Å². The van der Waals surface area contributed by atoms with Crippen molar-refractivity contribution >= 4 is 23.2 Å². The summed E-state index contributed by atoms with van der Waals surface area (Å²) >= 11 is 0. The largest absolute Gasteiger partial charge is 0.371 e. The van der Waals surface area contributed by atoms with Gasteiger partial charge in [0.2, 0.25) is 11.8 Å². The normalized spacial score (nSPS) is 10.7. The summed E-state index contributed by atoms with van der Waals surface area (Å²) in [6, 6.07) is 6.03. The Balaban J connectivity index is 2.44. The van der Waals surface area contributed by atoms with Crippen LogP contribution in [0, 0.1) is 10.1 Å². The SMILES string of the molecule is CC(C)(C)NC(=O)CNC(=O)CNc1ccccc1[N+](=O)[O-]. The minimum Gasteiger partial charge on any atom is -0.371 e. The topological polar surface area (TPSA) is 113 Å². The maximum absolute atomic E-state index is 11.6. The number of nitro groups is 1. The van der Waals surface area contributed by atoms with Gasteiger partial charge in [0, 0.05) is 11.6 Å². The molecule has 0 aliphatic rings. The first kappa shape index (κ1) is 17.4. The van der Waals surface area contributed by atoms with E-state index >= 15 is 0 Å². The number of anilines is 1. The first-order valence-electron chi connectivity index (χ1n) is 6.74. The molecule has 1 rings (SSSR count). The molecule has 0 bridgehead atoms. The molecule has 2 amide bonds. The lowest BCUT2D eigenvalue weighted by molar-refractivity contribution is -0.383. The molecule has 0 radical (unpaired) electrons. The molecule has 8 nitrogen and oxygen atoms in total. The number of amides is 2. The standard InChI is InChI=1S/C14H20N4O4/c1-14(2,3)17-13(20)9-16-12(19)8-15-10-6-4-5-7-11(10)18(21)22/h4-7,15H,8-9H2,1-3H3,(H,16,19)(H,17,20). The van der Waals surface area contributed by atoms with Crippen LogP contribution in [0.15, 0.2) is 24.3 Å². The van der Waals surface area contributed by atoms with Crippen LogP contribution in [0.5, 0.6) is 0 Å². The Hall–Kier alpha value is -2.64. The first-order valence-corrected chi connectivity index (χ1v) is 6.74. The lowest BCUT2D eigenvalue weighted by Crippen LogP contribution is -2.46.